The normalized spacial score (nSPS) is 13.1. The number of ketones is 2. The molecule has 1 aliphatic rings. The van der Waals surface area contributed by atoms with Crippen LogP contribution in [0.2, 0.25) is 0 Å². The van der Waals surface area contributed by atoms with Crippen LogP contribution in [-0.2, 0) is 6.67 Å². The molecule has 0 aliphatic heterocycles. The van der Waals surface area contributed by atoms with Crippen LogP contribution in [0.1, 0.15) is 81.0 Å². The molecule has 2 heterocycles. The Kier molecular flexibility index (Phi) is 11.0. The second-order valence-corrected chi connectivity index (χ2v) is 14.5. The molecule has 0 spiro atoms. The quantitative estimate of drug-likeness (QED) is 0.0744. The van der Waals surface area contributed by atoms with Gasteiger partial charge in [0, 0.05) is 67.5 Å². The molecule has 6 aromatic rings. The summed E-state index contributed by atoms with van der Waals surface area (Å²) in [4.78, 5) is 28.3. The lowest BCUT2D eigenvalue weighted by atomic mass is 9.82. The summed E-state index contributed by atoms with van der Waals surface area (Å²) >= 11 is 0. The highest BCUT2D eigenvalue weighted by Crippen LogP contribution is 2.36. The third-order valence-corrected chi connectivity index (χ3v) is 10.3. The maximum atomic E-state index is 14.4. The van der Waals surface area contributed by atoms with Crippen LogP contribution in [0.3, 0.4) is 0 Å². The monoisotopic (exact) mass is 756 g/mol. The van der Waals surface area contributed by atoms with Gasteiger partial charge in [-0.2, -0.15) is 19.3 Å². The van der Waals surface area contributed by atoms with Gasteiger partial charge in [0.05, 0.1) is 45.3 Å². The molecule has 1 unspecified atom stereocenters. The van der Waals surface area contributed by atoms with Gasteiger partial charge in [-0.15, -0.1) is 0 Å². The van der Waals surface area contributed by atoms with Crippen LogP contribution in [0.25, 0.3) is 0 Å². The molecule has 0 bridgehead atoms. The van der Waals surface area contributed by atoms with Crippen molar-refractivity contribution in [2.24, 2.45) is 10.2 Å². The Morgan fingerprint density at radius 3 is 1.58 bits per heavy atom. The van der Waals surface area contributed by atoms with Crippen LogP contribution < -0.4 is 29.8 Å². The number of nitrogens with one attached hydrogen (secondary N) is 2. The molecule has 0 saturated heterocycles. The van der Waals surface area contributed by atoms with Gasteiger partial charge in [-0.25, -0.2) is 0 Å². The predicted molar refractivity (Wildman–Crippen MR) is 229 cm³/mol. The zero-order chi connectivity index (χ0) is 40.2. The lowest BCUT2D eigenvalue weighted by Crippen LogP contribution is -2.42. The first kappa shape index (κ1) is 38.3. The van der Waals surface area contributed by atoms with Crippen LogP contribution in [0.4, 0.5) is 22.7 Å². The minimum atomic E-state index is -0.230. The van der Waals surface area contributed by atoms with Gasteiger partial charge in [0.15, 0.2) is 36.4 Å². The first-order chi connectivity index (χ1) is 27.5. The largest absolute Gasteiger partial charge is 0.330 e. The summed E-state index contributed by atoms with van der Waals surface area (Å²) in [5.41, 5.74) is 10.9. The number of nitrogens with zero attached hydrogens (tertiary/aromatic N) is 6. The predicted octanol–water partition coefficient (Wildman–Crippen LogP) is 8.07. The van der Waals surface area contributed by atoms with Crippen molar-refractivity contribution in [3.05, 3.63) is 178 Å². The number of aryl methyl sites for hydroxylation is 2. The Labute approximate surface area is 334 Å². The number of benzene rings is 4. The van der Waals surface area contributed by atoms with E-state index < -0.39 is 0 Å². The Morgan fingerprint density at radius 2 is 1.07 bits per heavy atom. The summed E-state index contributed by atoms with van der Waals surface area (Å²) < 4.78 is 4.00. The summed E-state index contributed by atoms with van der Waals surface area (Å²) in [6.45, 7) is 10.5. The van der Waals surface area contributed by atoms with E-state index in [0.29, 0.717) is 40.3 Å². The number of hydrazone groups is 2. The summed E-state index contributed by atoms with van der Waals surface area (Å²) in [6.07, 6.45) is 7.68. The Balaban J connectivity index is 1.05. The number of anilines is 4. The zero-order valence-corrected chi connectivity index (χ0v) is 33.5. The molecule has 1 atom stereocenters. The van der Waals surface area contributed by atoms with Gasteiger partial charge in [0.25, 0.3) is 0 Å². The first-order valence-electron chi connectivity index (χ1n) is 19.0. The van der Waals surface area contributed by atoms with Crippen LogP contribution in [-0.4, -0.2) is 37.1 Å². The number of fused-ring (bicyclic) bond motifs is 2. The molecule has 0 amide bonds. The number of hydrogen-bond donors (Lipinski definition) is 2. The average Bonchev–Trinajstić information content (AvgIpc) is 3.22. The van der Waals surface area contributed by atoms with E-state index in [1.807, 2.05) is 127 Å². The third kappa shape index (κ3) is 8.35. The van der Waals surface area contributed by atoms with Crippen molar-refractivity contribution < 1.29 is 18.7 Å². The van der Waals surface area contributed by atoms with Crippen LogP contribution in [0, 0.1) is 13.8 Å². The molecule has 2 N–H and O–H groups in total. The van der Waals surface area contributed by atoms with Crippen LogP contribution in [0.5, 0.6) is 0 Å². The lowest BCUT2D eigenvalue weighted by Gasteiger charge is -2.23. The number of rotatable bonds is 12. The molecular weight excluding hydrogens is 709 g/mol. The molecule has 7 rings (SSSR count). The average molecular weight is 757 g/mol. The highest BCUT2D eigenvalue weighted by molar-refractivity contribution is 6.31. The highest BCUT2D eigenvalue weighted by atomic mass is 16.1. The van der Waals surface area contributed by atoms with Crippen molar-refractivity contribution in [1.29, 1.82) is 0 Å². The van der Waals surface area contributed by atoms with Gasteiger partial charge in [0.1, 0.15) is 0 Å². The number of pyridine rings is 2. The number of hydrogen-bond acceptors (Lipinski definition) is 8. The second-order valence-electron chi connectivity index (χ2n) is 14.5. The second kappa shape index (κ2) is 16.4. The van der Waals surface area contributed by atoms with Gasteiger partial charge in [-0.1, -0.05) is 59.7 Å². The third-order valence-electron chi connectivity index (χ3n) is 10.3. The topological polar surface area (TPSA) is 97.2 Å². The molecule has 57 heavy (non-hydrogen) atoms. The van der Waals surface area contributed by atoms with Crippen molar-refractivity contribution in [2.75, 3.05) is 34.7 Å². The molecule has 0 radical (unpaired) electrons. The standard InChI is InChI=1S/C47H47N8O2/c1-31-14-18-38(19-15-31)52(6)50-33(3)36-22-26-54(27-23-36)30-48-42-12-8-10-40-44(42)47(57)45-41(46(40)56)11-9-13-43(45)49-35(5)55-28-24-37(25-29-55)34(4)51-53(7)39-20-16-32(2)17-21-39/h8-29,35H,30H2,1-7H3,(H-,48,49,57)/q+1/p+1. The molecule has 0 fully saturated rings. The molecule has 2 aromatic heterocycles. The van der Waals surface area contributed by atoms with E-state index in [-0.39, 0.29) is 17.7 Å². The van der Waals surface area contributed by atoms with Crippen molar-refractivity contribution in [2.45, 2.75) is 47.5 Å². The highest BCUT2D eigenvalue weighted by Gasteiger charge is 2.34. The summed E-state index contributed by atoms with van der Waals surface area (Å²) in [5.74, 6) is -0.378. The molecule has 10 heteroatoms. The summed E-state index contributed by atoms with van der Waals surface area (Å²) in [5, 5.41) is 20.2. The van der Waals surface area contributed by atoms with Gasteiger partial charge >= 0.3 is 0 Å². The molecule has 286 valence electrons. The zero-order valence-electron chi connectivity index (χ0n) is 33.5. The van der Waals surface area contributed by atoms with Crippen molar-refractivity contribution in [1.82, 2.24) is 0 Å². The number of carbonyl (C=O) groups excluding carboxylic acids is 2. The minimum Gasteiger partial charge on any atom is -0.330 e. The van der Waals surface area contributed by atoms with Crippen molar-refractivity contribution in [3.8, 4) is 0 Å². The van der Waals surface area contributed by atoms with Crippen LogP contribution >= 0.6 is 0 Å². The van der Waals surface area contributed by atoms with Crippen molar-refractivity contribution in [3.63, 3.8) is 0 Å². The smallest absolute Gasteiger partial charge is 0.228 e. The van der Waals surface area contributed by atoms with E-state index in [9.17, 15) is 9.59 Å². The fourth-order valence-electron chi connectivity index (χ4n) is 6.93. The minimum absolute atomic E-state index is 0.177. The molecular formula is C47H48N8O2+2. The van der Waals surface area contributed by atoms with Gasteiger partial charge in [-0.05, 0) is 64.1 Å². The molecule has 4 aromatic carbocycles. The SMILES string of the molecule is C/C(=N\N(C)c1ccc(C)cc1)c1cc[n+](CNc2cccc3c2C(=O)c2c(NC(C)[n+]4ccc(/C(C)=N/N(C)c5ccc(C)cc5)cc4)cccc2C3=O)cc1. The van der Waals surface area contributed by atoms with Gasteiger partial charge < -0.3 is 10.6 Å². The van der Waals surface area contributed by atoms with Gasteiger partial charge in [0.2, 0.25) is 12.8 Å². The lowest BCUT2D eigenvalue weighted by molar-refractivity contribution is -0.713. The van der Waals surface area contributed by atoms with E-state index in [1.54, 1.807) is 12.1 Å². The summed E-state index contributed by atoms with van der Waals surface area (Å²) in [7, 11) is 3.88. The number of aromatic nitrogens is 2. The fourth-order valence-corrected chi connectivity index (χ4v) is 6.93. The van der Waals surface area contributed by atoms with E-state index in [1.165, 1.54) is 11.1 Å². The fraction of sp³-hybridized carbons (Fsp3) is 0.191. The van der Waals surface area contributed by atoms with E-state index in [2.05, 4.69) is 73.0 Å². The van der Waals surface area contributed by atoms with E-state index in [4.69, 9.17) is 10.2 Å². The van der Waals surface area contributed by atoms with E-state index >= 15 is 0 Å². The maximum absolute atomic E-state index is 14.4. The molecule has 1 aliphatic carbocycles. The number of carbonyl (C=O) groups is 2. The maximum Gasteiger partial charge on any atom is 0.228 e. The Hall–Kier alpha value is -6.94. The van der Waals surface area contributed by atoms with Crippen LogP contribution in [0.15, 0.2) is 144 Å². The Bertz CT molecular complexity index is 2490. The Morgan fingerprint density at radius 1 is 0.614 bits per heavy atom. The van der Waals surface area contributed by atoms with Gasteiger partial charge in [-0.3, -0.25) is 19.6 Å². The molecule has 10 nitrogen and oxygen atoms in total. The first-order valence-corrected chi connectivity index (χ1v) is 19.0. The molecule has 0 saturated carbocycles. The van der Waals surface area contributed by atoms with Crippen molar-refractivity contribution >= 4 is 45.7 Å². The summed E-state index contributed by atoms with van der Waals surface area (Å²) in [6, 6.07) is 35.4. The van der Waals surface area contributed by atoms with E-state index in [0.717, 1.165) is 33.9 Å².